The van der Waals surface area contributed by atoms with Crippen molar-refractivity contribution < 1.29 is 0 Å². The van der Waals surface area contributed by atoms with E-state index in [4.69, 9.17) is 4.98 Å². The van der Waals surface area contributed by atoms with Crippen molar-refractivity contribution in [2.45, 2.75) is 50.6 Å². The van der Waals surface area contributed by atoms with Gasteiger partial charge in [-0.25, -0.2) is 4.98 Å². The van der Waals surface area contributed by atoms with Crippen LogP contribution in [0.3, 0.4) is 0 Å². The van der Waals surface area contributed by atoms with E-state index in [-0.39, 0.29) is 0 Å². The highest BCUT2D eigenvalue weighted by Crippen LogP contribution is 2.28. The van der Waals surface area contributed by atoms with Gasteiger partial charge in [-0.3, -0.25) is 0 Å². The Labute approximate surface area is 131 Å². The molecule has 0 saturated heterocycles. The van der Waals surface area contributed by atoms with Crippen molar-refractivity contribution in [2.24, 2.45) is 0 Å². The standard InChI is InChI=1S/C18H22N4/c1-2-6-13(7-3-1)16-12-17(19-15-10-11-15)22-18(21-16)20-14-8-4-5-9-14/h1-3,6-7,12,14-15H,4-5,8-11H2,(H2,19,20,21,22). The summed E-state index contributed by atoms with van der Waals surface area (Å²) in [6.45, 7) is 0. The smallest absolute Gasteiger partial charge is 0.225 e. The molecule has 1 aromatic heterocycles. The van der Waals surface area contributed by atoms with Gasteiger partial charge < -0.3 is 10.6 Å². The average molecular weight is 294 g/mol. The molecule has 2 saturated carbocycles. The number of rotatable bonds is 5. The zero-order valence-corrected chi connectivity index (χ0v) is 12.8. The van der Waals surface area contributed by atoms with Gasteiger partial charge in [-0.1, -0.05) is 43.2 Å². The van der Waals surface area contributed by atoms with Gasteiger partial charge in [0.2, 0.25) is 5.95 Å². The molecular weight excluding hydrogens is 272 g/mol. The lowest BCUT2D eigenvalue weighted by molar-refractivity contribution is 0.744. The number of aromatic nitrogens is 2. The molecule has 4 heteroatoms. The Balaban J connectivity index is 1.63. The minimum absolute atomic E-state index is 0.528. The summed E-state index contributed by atoms with van der Waals surface area (Å²) in [7, 11) is 0. The first kappa shape index (κ1) is 13.6. The highest BCUT2D eigenvalue weighted by atomic mass is 15.2. The molecule has 1 aromatic carbocycles. The molecule has 2 aliphatic carbocycles. The zero-order chi connectivity index (χ0) is 14.8. The van der Waals surface area contributed by atoms with Crippen molar-refractivity contribution in [1.82, 2.24) is 9.97 Å². The van der Waals surface area contributed by atoms with Crippen LogP contribution in [0.1, 0.15) is 38.5 Å². The van der Waals surface area contributed by atoms with E-state index < -0.39 is 0 Å². The Morgan fingerprint density at radius 2 is 1.55 bits per heavy atom. The van der Waals surface area contributed by atoms with Gasteiger partial charge in [-0.15, -0.1) is 0 Å². The predicted molar refractivity (Wildman–Crippen MR) is 90.0 cm³/mol. The van der Waals surface area contributed by atoms with Crippen LogP contribution in [0.5, 0.6) is 0 Å². The van der Waals surface area contributed by atoms with Crippen LogP contribution in [-0.4, -0.2) is 22.1 Å². The third-order valence-corrected chi connectivity index (χ3v) is 4.41. The first-order chi connectivity index (χ1) is 10.9. The minimum atomic E-state index is 0.528. The number of nitrogens with one attached hydrogen (secondary N) is 2. The highest BCUT2D eigenvalue weighted by Gasteiger charge is 2.22. The summed E-state index contributed by atoms with van der Waals surface area (Å²) in [6, 6.07) is 13.5. The van der Waals surface area contributed by atoms with Gasteiger partial charge in [-0.2, -0.15) is 4.98 Å². The molecule has 22 heavy (non-hydrogen) atoms. The van der Waals surface area contributed by atoms with Gasteiger partial charge in [-0.05, 0) is 25.7 Å². The lowest BCUT2D eigenvalue weighted by Crippen LogP contribution is -2.17. The fourth-order valence-corrected chi connectivity index (χ4v) is 3.03. The van der Waals surface area contributed by atoms with Crippen LogP contribution < -0.4 is 10.6 Å². The Kier molecular flexibility index (Phi) is 3.67. The number of hydrogen-bond acceptors (Lipinski definition) is 4. The fourth-order valence-electron chi connectivity index (χ4n) is 3.03. The topological polar surface area (TPSA) is 49.8 Å². The molecule has 114 valence electrons. The van der Waals surface area contributed by atoms with Crippen molar-refractivity contribution in [1.29, 1.82) is 0 Å². The van der Waals surface area contributed by atoms with Gasteiger partial charge in [0.05, 0.1) is 5.69 Å². The molecule has 2 aliphatic rings. The minimum Gasteiger partial charge on any atom is -0.367 e. The maximum atomic E-state index is 4.73. The maximum absolute atomic E-state index is 4.73. The van der Waals surface area contributed by atoms with Crippen LogP contribution in [0.25, 0.3) is 11.3 Å². The lowest BCUT2D eigenvalue weighted by atomic mass is 10.1. The average Bonchev–Trinajstić information content (AvgIpc) is 3.21. The van der Waals surface area contributed by atoms with E-state index in [1.54, 1.807) is 0 Å². The third kappa shape index (κ3) is 3.21. The van der Waals surface area contributed by atoms with Crippen molar-refractivity contribution in [3.05, 3.63) is 36.4 Å². The molecule has 0 amide bonds. The van der Waals surface area contributed by atoms with E-state index in [1.165, 1.54) is 38.5 Å². The third-order valence-electron chi connectivity index (χ3n) is 4.41. The lowest BCUT2D eigenvalue weighted by Gasteiger charge is -2.14. The second kappa shape index (κ2) is 5.95. The molecule has 2 aromatic rings. The molecule has 2 N–H and O–H groups in total. The predicted octanol–water partition coefficient (Wildman–Crippen LogP) is 4.07. The SMILES string of the molecule is c1ccc(-c2cc(NC3CC3)nc(NC3CCCC3)n2)cc1. The summed E-state index contributed by atoms with van der Waals surface area (Å²) in [6.07, 6.45) is 7.56. The summed E-state index contributed by atoms with van der Waals surface area (Å²) >= 11 is 0. The summed E-state index contributed by atoms with van der Waals surface area (Å²) in [4.78, 5) is 9.40. The monoisotopic (exact) mass is 294 g/mol. The normalized spacial score (nSPS) is 18.4. The molecule has 4 nitrogen and oxygen atoms in total. The summed E-state index contributed by atoms with van der Waals surface area (Å²) < 4.78 is 0. The fraction of sp³-hybridized carbons (Fsp3) is 0.444. The second-order valence-corrected chi connectivity index (χ2v) is 6.37. The first-order valence-electron chi connectivity index (χ1n) is 8.34. The van der Waals surface area contributed by atoms with E-state index in [9.17, 15) is 0 Å². The molecule has 4 rings (SSSR count). The van der Waals surface area contributed by atoms with Crippen molar-refractivity contribution in [3.63, 3.8) is 0 Å². The van der Waals surface area contributed by atoms with Crippen LogP contribution in [0.4, 0.5) is 11.8 Å². The van der Waals surface area contributed by atoms with E-state index >= 15 is 0 Å². The van der Waals surface area contributed by atoms with Crippen molar-refractivity contribution in [2.75, 3.05) is 10.6 Å². The Morgan fingerprint density at radius 3 is 2.27 bits per heavy atom. The number of anilines is 2. The van der Waals surface area contributed by atoms with Gasteiger partial charge in [0.15, 0.2) is 0 Å². The quantitative estimate of drug-likeness (QED) is 0.872. The Morgan fingerprint density at radius 1 is 0.818 bits per heavy atom. The van der Waals surface area contributed by atoms with Crippen LogP contribution in [0.15, 0.2) is 36.4 Å². The molecule has 2 fully saturated rings. The van der Waals surface area contributed by atoms with E-state index in [0.717, 1.165) is 23.0 Å². The van der Waals surface area contributed by atoms with Crippen LogP contribution in [0.2, 0.25) is 0 Å². The van der Waals surface area contributed by atoms with Crippen LogP contribution in [0, 0.1) is 0 Å². The molecule has 0 atom stereocenters. The first-order valence-corrected chi connectivity index (χ1v) is 8.34. The van der Waals surface area contributed by atoms with E-state index in [0.29, 0.717) is 12.1 Å². The van der Waals surface area contributed by atoms with Crippen LogP contribution in [-0.2, 0) is 0 Å². The van der Waals surface area contributed by atoms with Crippen LogP contribution >= 0.6 is 0 Å². The second-order valence-electron chi connectivity index (χ2n) is 6.37. The van der Waals surface area contributed by atoms with Gasteiger partial charge in [0.25, 0.3) is 0 Å². The largest absolute Gasteiger partial charge is 0.367 e. The highest BCUT2D eigenvalue weighted by molar-refractivity contribution is 5.64. The maximum Gasteiger partial charge on any atom is 0.225 e. The van der Waals surface area contributed by atoms with Crippen molar-refractivity contribution in [3.8, 4) is 11.3 Å². The van der Waals surface area contributed by atoms with Gasteiger partial charge in [0.1, 0.15) is 5.82 Å². The molecule has 0 radical (unpaired) electrons. The molecule has 0 bridgehead atoms. The number of nitrogens with zero attached hydrogens (tertiary/aromatic N) is 2. The molecule has 0 aliphatic heterocycles. The Bertz CT molecular complexity index is 631. The van der Waals surface area contributed by atoms with E-state index in [2.05, 4.69) is 45.9 Å². The zero-order valence-electron chi connectivity index (χ0n) is 12.8. The molecule has 0 unspecified atom stereocenters. The summed E-state index contributed by atoms with van der Waals surface area (Å²) in [5, 5.41) is 7.02. The number of benzene rings is 1. The summed E-state index contributed by atoms with van der Waals surface area (Å²) in [5.41, 5.74) is 2.12. The van der Waals surface area contributed by atoms with Gasteiger partial charge >= 0.3 is 0 Å². The number of hydrogen-bond donors (Lipinski definition) is 2. The molecular formula is C18H22N4. The Hall–Kier alpha value is -2.10. The molecule has 1 heterocycles. The van der Waals surface area contributed by atoms with Gasteiger partial charge in [0, 0.05) is 23.7 Å². The molecule has 0 spiro atoms. The summed E-state index contributed by atoms with van der Waals surface area (Å²) in [5.74, 6) is 1.70. The van der Waals surface area contributed by atoms with E-state index in [1.807, 2.05) is 6.07 Å². The van der Waals surface area contributed by atoms with Crippen molar-refractivity contribution >= 4 is 11.8 Å².